The average molecular weight is 317 g/mol. The Balaban J connectivity index is 0.000000173. The second-order valence-corrected chi connectivity index (χ2v) is 4.89. The number of hydrogen-bond acceptors (Lipinski definition) is 5. The summed E-state index contributed by atoms with van der Waals surface area (Å²) >= 11 is 0. The van der Waals surface area contributed by atoms with Crippen molar-refractivity contribution in [3.05, 3.63) is 42.2 Å². The minimum Gasteiger partial charge on any atom is -0.286 e. The Morgan fingerprint density at radius 3 is 1.57 bits per heavy atom. The van der Waals surface area contributed by atoms with Gasteiger partial charge in [-0.25, -0.2) is 0 Å². The third-order valence-electron chi connectivity index (χ3n) is 3.14. The second kappa shape index (κ2) is 8.57. The zero-order valence-corrected chi connectivity index (χ0v) is 13.4. The number of aromatic nitrogens is 1. The predicted octanol–water partition coefficient (Wildman–Crippen LogP) is 0.696. The van der Waals surface area contributed by atoms with Crippen LogP contribution in [0.15, 0.2) is 36.5 Å². The molecule has 1 aromatic rings. The van der Waals surface area contributed by atoms with E-state index in [9.17, 15) is 19.2 Å². The highest BCUT2D eigenvalue weighted by Gasteiger charge is 2.24. The van der Waals surface area contributed by atoms with Gasteiger partial charge >= 0.3 is 0 Å². The molecule has 0 saturated carbocycles. The molecule has 0 unspecified atom stereocenters. The number of carbonyl (C=O) groups is 4. The topological polar surface area (TPSA) is 87.7 Å². The quantitative estimate of drug-likeness (QED) is 0.657. The smallest absolute Gasteiger partial charge is 0.253 e. The van der Waals surface area contributed by atoms with Crippen molar-refractivity contribution in [1.29, 1.82) is 0 Å². The van der Waals surface area contributed by atoms with E-state index in [-0.39, 0.29) is 23.6 Å². The van der Waals surface area contributed by atoms with Crippen molar-refractivity contribution in [2.45, 2.75) is 19.8 Å². The van der Waals surface area contributed by atoms with Gasteiger partial charge in [-0.1, -0.05) is 6.07 Å². The third-order valence-corrected chi connectivity index (χ3v) is 3.14. The number of amides is 4. The van der Waals surface area contributed by atoms with Crippen LogP contribution in [0.2, 0.25) is 0 Å². The summed E-state index contributed by atoms with van der Waals surface area (Å²) in [6.07, 6.45) is 5.09. The maximum Gasteiger partial charge on any atom is 0.253 e. The van der Waals surface area contributed by atoms with Crippen molar-refractivity contribution >= 4 is 23.6 Å². The Morgan fingerprint density at radius 2 is 1.39 bits per heavy atom. The molecule has 1 aromatic heterocycles. The monoisotopic (exact) mass is 317 g/mol. The van der Waals surface area contributed by atoms with Gasteiger partial charge in [-0.3, -0.25) is 34.0 Å². The highest BCUT2D eigenvalue weighted by Crippen LogP contribution is 2.07. The third kappa shape index (κ3) is 5.82. The summed E-state index contributed by atoms with van der Waals surface area (Å²) in [4.78, 5) is 48.0. The Labute approximate surface area is 134 Å². The van der Waals surface area contributed by atoms with Gasteiger partial charge in [-0.2, -0.15) is 0 Å². The Kier molecular flexibility index (Phi) is 6.79. The van der Waals surface area contributed by atoms with Crippen molar-refractivity contribution in [2.24, 2.45) is 0 Å². The predicted molar refractivity (Wildman–Crippen MR) is 82.9 cm³/mol. The standard InChI is InChI=1S/C6H7N.C5H7NO2.C5H5NO2/c1-6-4-2-3-5-7-6;2*1-6-4(7)2-3-5(6)8/h2-5H,1H3;2-3H2,1H3;2-3H,1H3. The normalized spacial score (nSPS) is 16.1. The van der Waals surface area contributed by atoms with E-state index in [1.54, 1.807) is 6.20 Å². The first-order valence-electron chi connectivity index (χ1n) is 6.99. The number of carbonyl (C=O) groups excluding carboxylic acids is 4. The van der Waals surface area contributed by atoms with E-state index in [1.165, 1.54) is 31.1 Å². The van der Waals surface area contributed by atoms with E-state index in [1.807, 2.05) is 25.1 Å². The number of likely N-dealkylation sites (N-methyl/N-ethyl adjacent to an activating group) is 1. The molecule has 0 aromatic carbocycles. The van der Waals surface area contributed by atoms with Gasteiger partial charge < -0.3 is 0 Å². The zero-order chi connectivity index (χ0) is 17.4. The summed E-state index contributed by atoms with van der Waals surface area (Å²) in [5.41, 5.74) is 1.07. The first kappa shape index (κ1) is 18.2. The van der Waals surface area contributed by atoms with Crippen LogP contribution < -0.4 is 0 Å². The van der Waals surface area contributed by atoms with Crippen LogP contribution in [0.3, 0.4) is 0 Å². The van der Waals surface area contributed by atoms with Crippen molar-refractivity contribution in [3.63, 3.8) is 0 Å². The van der Waals surface area contributed by atoms with Crippen LogP contribution in [0.1, 0.15) is 18.5 Å². The van der Waals surface area contributed by atoms with Gasteiger partial charge in [-0.05, 0) is 19.1 Å². The fourth-order valence-corrected chi connectivity index (χ4v) is 1.61. The summed E-state index contributed by atoms with van der Waals surface area (Å²) in [6, 6.07) is 5.86. The van der Waals surface area contributed by atoms with E-state index in [4.69, 9.17) is 0 Å². The molecule has 2 aliphatic heterocycles. The highest BCUT2D eigenvalue weighted by molar-refractivity contribution is 6.12. The van der Waals surface area contributed by atoms with E-state index in [2.05, 4.69) is 4.98 Å². The molecule has 0 radical (unpaired) electrons. The molecule has 0 aliphatic carbocycles. The SMILES string of the molecule is CN1C(=O)C=CC1=O.CN1C(=O)CCC1=O.Cc1ccccn1. The number of pyridine rings is 1. The van der Waals surface area contributed by atoms with Crippen LogP contribution in [0.4, 0.5) is 0 Å². The van der Waals surface area contributed by atoms with E-state index < -0.39 is 0 Å². The lowest BCUT2D eigenvalue weighted by Gasteiger charge is -2.01. The minimum atomic E-state index is -0.241. The fraction of sp³-hybridized carbons (Fsp3) is 0.312. The van der Waals surface area contributed by atoms with E-state index >= 15 is 0 Å². The van der Waals surface area contributed by atoms with Crippen molar-refractivity contribution in [1.82, 2.24) is 14.8 Å². The number of imide groups is 2. The molecular formula is C16H19N3O4. The van der Waals surface area contributed by atoms with Gasteiger partial charge in [0.1, 0.15) is 0 Å². The van der Waals surface area contributed by atoms with E-state index in [0.717, 1.165) is 10.6 Å². The fourth-order valence-electron chi connectivity index (χ4n) is 1.61. The Bertz CT molecular complexity index is 591. The maximum absolute atomic E-state index is 10.5. The average Bonchev–Trinajstić information content (AvgIpc) is 2.99. The molecule has 0 bridgehead atoms. The molecule has 0 N–H and O–H groups in total. The second-order valence-electron chi connectivity index (χ2n) is 4.89. The summed E-state index contributed by atoms with van der Waals surface area (Å²) in [5.74, 6) is -0.602. The zero-order valence-electron chi connectivity index (χ0n) is 13.4. The first-order chi connectivity index (χ1) is 10.8. The lowest BCUT2D eigenvalue weighted by molar-refractivity contribution is -0.137. The molecular weight excluding hydrogens is 298 g/mol. The maximum atomic E-state index is 10.5. The Morgan fingerprint density at radius 1 is 0.870 bits per heavy atom. The van der Waals surface area contributed by atoms with Gasteiger partial charge in [0.2, 0.25) is 11.8 Å². The molecule has 0 spiro atoms. The van der Waals surface area contributed by atoms with Crippen molar-refractivity contribution in [2.75, 3.05) is 14.1 Å². The molecule has 3 rings (SSSR count). The van der Waals surface area contributed by atoms with E-state index in [0.29, 0.717) is 12.8 Å². The molecule has 1 fully saturated rings. The lowest BCUT2D eigenvalue weighted by atomic mass is 10.4. The summed E-state index contributed by atoms with van der Waals surface area (Å²) in [7, 11) is 2.96. The van der Waals surface area contributed by atoms with Crippen LogP contribution in [0, 0.1) is 6.92 Å². The molecule has 7 heteroatoms. The summed E-state index contributed by atoms with van der Waals surface area (Å²) < 4.78 is 0. The summed E-state index contributed by atoms with van der Waals surface area (Å²) in [6.45, 7) is 1.97. The minimum absolute atomic E-state index is 0.0602. The number of nitrogens with zero attached hydrogens (tertiary/aromatic N) is 3. The van der Waals surface area contributed by atoms with Gasteiger partial charge in [-0.15, -0.1) is 0 Å². The van der Waals surface area contributed by atoms with Gasteiger partial charge in [0.25, 0.3) is 11.8 Å². The largest absolute Gasteiger partial charge is 0.286 e. The number of hydrogen-bond donors (Lipinski definition) is 0. The molecule has 3 heterocycles. The van der Waals surface area contributed by atoms with Crippen LogP contribution in [0.5, 0.6) is 0 Å². The van der Waals surface area contributed by atoms with Crippen LogP contribution in [-0.2, 0) is 19.2 Å². The molecule has 2 aliphatic rings. The molecule has 0 atom stereocenters. The Hall–Kier alpha value is -2.83. The van der Waals surface area contributed by atoms with Crippen molar-refractivity contribution < 1.29 is 19.2 Å². The summed E-state index contributed by atoms with van der Waals surface area (Å²) in [5, 5.41) is 0. The number of aryl methyl sites for hydroxylation is 1. The number of likely N-dealkylation sites (tertiary alicyclic amines) is 1. The molecule has 122 valence electrons. The number of rotatable bonds is 0. The molecule has 7 nitrogen and oxygen atoms in total. The lowest BCUT2D eigenvalue weighted by Crippen LogP contribution is -2.24. The van der Waals surface area contributed by atoms with Gasteiger partial charge in [0.15, 0.2) is 0 Å². The molecule has 4 amide bonds. The van der Waals surface area contributed by atoms with Crippen molar-refractivity contribution in [3.8, 4) is 0 Å². The highest BCUT2D eigenvalue weighted by atomic mass is 16.2. The van der Waals surface area contributed by atoms with Crippen LogP contribution in [0.25, 0.3) is 0 Å². The van der Waals surface area contributed by atoms with Crippen LogP contribution >= 0.6 is 0 Å². The van der Waals surface area contributed by atoms with Gasteiger partial charge in [0, 0.05) is 51.0 Å². The van der Waals surface area contributed by atoms with Crippen LogP contribution in [-0.4, -0.2) is 52.5 Å². The first-order valence-corrected chi connectivity index (χ1v) is 6.99. The molecule has 23 heavy (non-hydrogen) atoms. The van der Waals surface area contributed by atoms with Gasteiger partial charge in [0.05, 0.1) is 0 Å². The molecule has 1 saturated heterocycles.